The van der Waals surface area contributed by atoms with Crippen LogP contribution in [0.15, 0.2) is 60.7 Å². The second-order valence-electron chi connectivity index (χ2n) is 6.85. The number of methoxy groups -OCH3 is 1. The zero-order chi connectivity index (χ0) is 21.8. The number of rotatable bonds is 12. The maximum absolute atomic E-state index is 12.2. The fourth-order valence-corrected chi connectivity index (χ4v) is 2.52. The quantitative estimate of drug-likeness (QED) is 0.368. The number of amides is 2. The van der Waals surface area contributed by atoms with Crippen molar-refractivity contribution < 1.29 is 19.1 Å². The largest absolute Gasteiger partial charge is 0.489 e. The van der Waals surface area contributed by atoms with Crippen molar-refractivity contribution in [2.75, 3.05) is 44.0 Å². The topological polar surface area (TPSA) is 88.7 Å². The summed E-state index contributed by atoms with van der Waals surface area (Å²) in [5.74, 6) is 0.342. The number of benzene rings is 2. The molecule has 7 heteroatoms. The molecule has 0 spiro atoms. The van der Waals surface area contributed by atoms with Crippen LogP contribution in [-0.4, -0.2) is 45.2 Å². The van der Waals surface area contributed by atoms with Gasteiger partial charge < -0.3 is 25.4 Å². The Kier molecular flexibility index (Phi) is 9.40. The SMILES string of the molecule is C=C(C)COc1ccc(NCC(=O)Nc2cccc(C(=O)NCCCOC)c2)cc1. The molecule has 0 aliphatic rings. The average Bonchev–Trinajstić information content (AvgIpc) is 2.74. The van der Waals surface area contributed by atoms with Crippen LogP contribution in [0.4, 0.5) is 11.4 Å². The van der Waals surface area contributed by atoms with Gasteiger partial charge >= 0.3 is 0 Å². The van der Waals surface area contributed by atoms with Gasteiger partial charge in [-0.3, -0.25) is 9.59 Å². The second-order valence-corrected chi connectivity index (χ2v) is 6.85. The van der Waals surface area contributed by atoms with Gasteiger partial charge in [-0.25, -0.2) is 0 Å². The molecule has 30 heavy (non-hydrogen) atoms. The molecule has 0 radical (unpaired) electrons. The van der Waals surface area contributed by atoms with E-state index in [-0.39, 0.29) is 18.4 Å². The summed E-state index contributed by atoms with van der Waals surface area (Å²) in [5.41, 5.74) is 2.80. The summed E-state index contributed by atoms with van der Waals surface area (Å²) in [6.45, 7) is 7.39. The molecule has 0 atom stereocenters. The lowest BCUT2D eigenvalue weighted by molar-refractivity contribution is -0.114. The highest BCUT2D eigenvalue weighted by atomic mass is 16.5. The fraction of sp³-hybridized carbons (Fsp3) is 0.304. The first-order chi connectivity index (χ1) is 14.5. The third kappa shape index (κ3) is 8.36. The highest BCUT2D eigenvalue weighted by Crippen LogP contribution is 2.16. The van der Waals surface area contributed by atoms with Crippen LogP contribution >= 0.6 is 0 Å². The van der Waals surface area contributed by atoms with Gasteiger partial charge in [-0.2, -0.15) is 0 Å². The molecular formula is C23H29N3O4. The molecule has 7 nitrogen and oxygen atoms in total. The first kappa shape index (κ1) is 23.0. The highest BCUT2D eigenvalue weighted by Gasteiger charge is 2.08. The van der Waals surface area contributed by atoms with E-state index < -0.39 is 0 Å². The number of nitrogens with one attached hydrogen (secondary N) is 3. The smallest absolute Gasteiger partial charge is 0.251 e. The van der Waals surface area contributed by atoms with Gasteiger partial charge in [0.05, 0.1) is 6.54 Å². The zero-order valence-electron chi connectivity index (χ0n) is 17.5. The molecule has 0 heterocycles. The summed E-state index contributed by atoms with van der Waals surface area (Å²) in [5, 5.41) is 8.67. The number of carbonyl (C=O) groups excluding carboxylic acids is 2. The summed E-state index contributed by atoms with van der Waals surface area (Å²) in [6.07, 6.45) is 0.741. The first-order valence-corrected chi connectivity index (χ1v) is 9.76. The third-order valence-corrected chi connectivity index (χ3v) is 4.01. The minimum atomic E-state index is -0.213. The van der Waals surface area contributed by atoms with Crippen LogP contribution in [0.1, 0.15) is 23.7 Å². The molecule has 0 aliphatic carbocycles. The van der Waals surface area contributed by atoms with Crippen molar-refractivity contribution in [2.45, 2.75) is 13.3 Å². The van der Waals surface area contributed by atoms with Gasteiger partial charge in [-0.1, -0.05) is 12.6 Å². The van der Waals surface area contributed by atoms with Crippen molar-refractivity contribution in [1.82, 2.24) is 5.32 Å². The number of ether oxygens (including phenoxy) is 2. The van der Waals surface area contributed by atoms with E-state index in [1.807, 2.05) is 31.2 Å². The van der Waals surface area contributed by atoms with Crippen LogP contribution in [0.3, 0.4) is 0 Å². The monoisotopic (exact) mass is 411 g/mol. The van der Waals surface area contributed by atoms with Gasteiger partial charge in [0.1, 0.15) is 12.4 Å². The Balaban J connectivity index is 1.80. The van der Waals surface area contributed by atoms with E-state index >= 15 is 0 Å². The molecule has 3 N–H and O–H groups in total. The number of carbonyl (C=O) groups is 2. The van der Waals surface area contributed by atoms with Gasteiger partial charge in [0.2, 0.25) is 5.91 Å². The van der Waals surface area contributed by atoms with Gasteiger partial charge in [0.15, 0.2) is 0 Å². The van der Waals surface area contributed by atoms with Crippen molar-refractivity contribution in [2.24, 2.45) is 0 Å². The van der Waals surface area contributed by atoms with Crippen LogP contribution < -0.4 is 20.7 Å². The second kappa shape index (κ2) is 12.3. The molecule has 0 aliphatic heterocycles. The molecule has 0 saturated carbocycles. The Morgan fingerprint density at radius 2 is 1.83 bits per heavy atom. The van der Waals surface area contributed by atoms with E-state index in [9.17, 15) is 9.59 Å². The molecule has 0 aromatic heterocycles. The average molecular weight is 412 g/mol. The summed E-state index contributed by atoms with van der Waals surface area (Å²) in [6, 6.07) is 14.2. The normalized spacial score (nSPS) is 10.2. The minimum absolute atomic E-state index is 0.0966. The Morgan fingerprint density at radius 3 is 2.53 bits per heavy atom. The van der Waals surface area contributed by atoms with E-state index in [0.29, 0.717) is 31.0 Å². The Morgan fingerprint density at radius 1 is 1.07 bits per heavy atom. The predicted molar refractivity (Wildman–Crippen MR) is 119 cm³/mol. The molecule has 160 valence electrons. The number of hydrogen-bond acceptors (Lipinski definition) is 5. The van der Waals surface area contributed by atoms with Gasteiger partial charge in [0, 0.05) is 37.2 Å². The number of anilines is 2. The first-order valence-electron chi connectivity index (χ1n) is 9.76. The number of hydrogen-bond donors (Lipinski definition) is 3. The summed E-state index contributed by atoms with van der Waals surface area (Å²) in [7, 11) is 1.62. The van der Waals surface area contributed by atoms with Gasteiger partial charge in [-0.05, 0) is 61.4 Å². The molecule has 0 bridgehead atoms. The van der Waals surface area contributed by atoms with Crippen molar-refractivity contribution in [3.8, 4) is 5.75 Å². The van der Waals surface area contributed by atoms with Crippen molar-refractivity contribution in [1.29, 1.82) is 0 Å². The molecule has 2 aromatic carbocycles. The van der Waals surface area contributed by atoms with E-state index in [1.54, 1.807) is 31.4 Å². The molecule has 2 amide bonds. The summed E-state index contributed by atoms with van der Waals surface area (Å²) in [4.78, 5) is 24.4. The summed E-state index contributed by atoms with van der Waals surface area (Å²) < 4.78 is 10.5. The molecule has 0 unspecified atom stereocenters. The van der Waals surface area contributed by atoms with Crippen LogP contribution in [-0.2, 0) is 9.53 Å². The Labute approximate surface area is 177 Å². The van der Waals surface area contributed by atoms with E-state index in [1.165, 1.54) is 0 Å². The van der Waals surface area contributed by atoms with Crippen molar-refractivity contribution >= 4 is 23.2 Å². The Hall–Kier alpha value is -3.32. The highest BCUT2D eigenvalue weighted by molar-refractivity contribution is 5.98. The molecule has 0 fully saturated rings. The maximum Gasteiger partial charge on any atom is 0.251 e. The minimum Gasteiger partial charge on any atom is -0.489 e. The van der Waals surface area contributed by atoms with Crippen LogP contribution in [0.2, 0.25) is 0 Å². The third-order valence-electron chi connectivity index (χ3n) is 4.01. The lowest BCUT2D eigenvalue weighted by atomic mass is 10.2. The van der Waals surface area contributed by atoms with Gasteiger partial charge in [0.25, 0.3) is 5.91 Å². The van der Waals surface area contributed by atoms with E-state index in [0.717, 1.165) is 23.4 Å². The van der Waals surface area contributed by atoms with Crippen LogP contribution in [0.5, 0.6) is 5.75 Å². The predicted octanol–water partition coefficient (Wildman–Crippen LogP) is 3.46. The summed E-state index contributed by atoms with van der Waals surface area (Å²) >= 11 is 0. The van der Waals surface area contributed by atoms with E-state index in [2.05, 4.69) is 22.5 Å². The molecule has 2 rings (SSSR count). The standard InChI is InChI=1S/C23H29N3O4/c1-17(2)16-30-21-10-8-19(9-11-21)25-15-22(27)26-20-7-4-6-18(14-20)23(28)24-12-5-13-29-3/h4,6-11,14,25H,1,5,12-13,15-16H2,2-3H3,(H,24,28)(H,26,27). The van der Waals surface area contributed by atoms with Crippen molar-refractivity contribution in [3.05, 3.63) is 66.2 Å². The van der Waals surface area contributed by atoms with Crippen LogP contribution in [0.25, 0.3) is 0 Å². The molecular weight excluding hydrogens is 382 g/mol. The van der Waals surface area contributed by atoms with Crippen LogP contribution in [0, 0.1) is 0 Å². The zero-order valence-corrected chi connectivity index (χ0v) is 17.5. The maximum atomic E-state index is 12.2. The Bertz CT molecular complexity index is 850. The lowest BCUT2D eigenvalue weighted by Gasteiger charge is -2.10. The van der Waals surface area contributed by atoms with Gasteiger partial charge in [-0.15, -0.1) is 0 Å². The molecule has 2 aromatic rings. The fourth-order valence-electron chi connectivity index (χ4n) is 2.52. The lowest BCUT2D eigenvalue weighted by Crippen LogP contribution is -2.25. The van der Waals surface area contributed by atoms with Crippen molar-refractivity contribution in [3.63, 3.8) is 0 Å². The molecule has 0 saturated heterocycles. The van der Waals surface area contributed by atoms with E-state index in [4.69, 9.17) is 9.47 Å².